The number of likely N-dealkylation sites (N-methyl/N-ethyl adjacent to an activating group) is 1. The molecule has 0 bridgehead atoms. The maximum atomic E-state index is 13.3. The Balaban J connectivity index is 0.00000224. The summed E-state index contributed by atoms with van der Waals surface area (Å²) in [4.78, 5) is 37.6. The number of ether oxygens (including phenoxy) is 1. The molecule has 0 spiro atoms. The molecule has 12 heteroatoms. The maximum Gasteiger partial charge on any atom is 0.243 e. The topological polar surface area (TPSA) is 140 Å². The van der Waals surface area contributed by atoms with Crippen LogP contribution in [0.1, 0.15) is 66.4 Å². The molecular weight excluding hydrogens is 760 g/mol. The Hall–Kier alpha value is -2.99. The Bertz CT molecular complexity index is 1230. The van der Waals surface area contributed by atoms with Gasteiger partial charge in [-0.3, -0.25) is 14.4 Å². The summed E-state index contributed by atoms with van der Waals surface area (Å²) < 4.78 is 18.8. The zero-order valence-electron chi connectivity index (χ0n) is 27.3. The van der Waals surface area contributed by atoms with Crippen LogP contribution in [-0.4, -0.2) is 59.4 Å². The molecule has 246 valence electrons. The van der Waals surface area contributed by atoms with Gasteiger partial charge in [-0.2, -0.15) is 0 Å². The zero-order valence-corrected chi connectivity index (χ0v) is 31.7. The first-order valence-corrected chi connectivity index (χ1v) is 15.9. The molecule has 3 unspecified atom stereocenters. The van der Waals surface area contributed by atoms with E-state index < -0.39 is 6.04 Å². The Labute approximate surface area is 290 Å². The fourth-order valence-corrected chi connectivity index (χ4v) is 5.89. The molecule has 4 rings (SSSR count). The van der Waals surface area contributed by atoms with E-state index in [1.807, 2.05) is 59.8 Å². The monoisotopic (exact) mass is 808 g/mol. The van der Waals surface area contributed by atoms with Crippen LogP contribution in [0.5, 0.6) is 11.5 Å². The van der Waals surface area contributed by atoms with Gasteiger partial charge in [0.2, 0.25) is 18.2 Å². The van der Waals surface area contributed by atoms with Gasteiger partial charge in [0.15, 0.2) is 0 Å². The van der Waals surface area contributed by atoms with Gasteiger partial charge in [-0.1, -0.05) is 58.8 Å². The third-order valence-corrected chi connectivity index (χ3v) is 8.30. The van der Waals surface area contributed by atoms with Gasteiger partial charge in [-0.15, -0.1) is 11.8 Å². The third-order valence-electron chi connectivity index (χ3n) is 6.79. The third kappa shape index (κ3) is 13.1. The van der Waals surface area contributed by atoms with Crippen molar-refractivity contribution in [2.45, 2.75) is 90.6 Å². The second-order valence-electron chi connectivity index (χ2n) is 9.59. The summed E-state index contributed by atoms with van der Waals surface area (Å²) in [6.45, 7) is 12.0. The number of rotatable bonds is 8. The maximum absolute atomic E-state index is 13.3. The molecule has 0 aromatic heterocycles. The number of nitrogens with zero attached hydrogens (tertiary/aromatic N) is 2. The molecule has 2 heterocycles. The number of thioether (sulfide) groups is 1. The predicted octanol–water partition coefficient (Wildman–Crippen LogP) is 6.57. The molecule has 1 fully saturated rings. The molecule has 3 amide bonds. The molecular formula is C33H47FHfN5O4S-. The number of benzene rings is 2. The van der Waals surface area contributed by atoms with Crippen LogP contribution in [-0.2, 0) is 46.6 Å². The Morgan fingerprint density at radius 1 is 1.11 bits per heavy atom. The number of amides is 3. The van der Waals surface area contributed by atoms with Gasteiger partial charge in [-0.05, 0) is 75.1 Å². The quantitative estimate of drug-likeness (QED) is 0.120. The number of carbonyl (C=O) groups excluding carboxylic acids is 3. The van der Waals surface area contributed by atoms with Gasteiger partial charge in [0, 0.05) is 48.1 Å². The van der Waals surface area contributed by atoms with E-state index in [1.54, 1.807) is 48.0 Å². The molecule has 0 radical (unpaired) electrons. The van der Waals surface area contributed by atoms with Crippen LogP contribution >= 0.6 is 11.8 Å². The molecule has 2 aromatic carbocycles. The van der Waals surface area contributed by atoms with Crippen molar-refractivity contribution in [3.05, 3.63) is 76.2 Å². The van der Waals surface area contributed by atoms with E-state index in [4.69, 9.17) is 14.9 Å². The van der Waals surface area contributed by atoms with Crippen molar-refractivity contribution < 1.29 is 49.4 Å². The largest absolute Gasteiger partial charge is 0.481 e. The standard InChI is InChI=1S/C28H33FN4O3S.2C2H6.CH3NO.Hf/c1-17-4-13-23(28(35)32-18(2)24-14-15-25(37-24)27(30)31-3)33(17)26(34)16-19-5-9-21(10-6-19)36-22-11-7-20(29)8-12-22;2*1-2;2-1-3;/h5-12,15,17-18,23-24H,4,13-14,16H2,1-3H3,(H3,30,31,32,35);2*1-2H3;1H,(H2,2,3);/p-1/t17?,18-,23?,24?;;;;/m1..../s1. The van der Waals surface area contributed by atoms with Crippen molar-refractivity contribution in [3.8, 4) is 11.5 Å². The average molecular weight is 807 g/mol. The summed E-state index contributed by atoms with van der Waals surface area (Å²) in [7, 11) is 1.60. The fraction of sp³-hybridized carbons (Fsp3) is 0.455. The molecule has 0 aliphatic carbocycles. The van der Waals surface area contributed by atoms with Crippen molar-refractivity contribution >= 4 is 35.8 Å². The van der Waals surface area contributed by atoms with Gasteiger partial charge in [0.25, 0.3) is 0 Å². The average Bonchev–Trinajstić information content (AvgIpc) is 3.69. The first-order valence-electron chi connectivity index (χ1n) is 15.0. The second kappa shape index (κ2) is 22.5. The Morgan fingerprint density at radius 3 is 2.18 bits per heavy atom. The number of allylic oxidation sites excluding steroid dienone is 1. The van der Waals surface area contributed by atoms with Crippen LogP contribution in [0, 0.1) is 11.2 Å². The molecule has 2 aromatic rings. The first kappa shape index (κ1) is 42.0. The fourth-order valence-electron chi connectivity index (χ4n) is 4.71. The van der Waals surface area contributed by atoms with Crippen molar-refractivity contribution in [1.82, 2.24) is 10.2 Å². The molecule has 4 N–H and O–H groups in total. The van der Waals surface area contributed by atoms with Crippen molar-refractivity contribution in [2.24, 2.45) is 5.73 Å². The SMILES string of the molecule is CC.CC.C[N-]C(=N)C1=CCC([C@@H](C)NC(=O)C2CCC(C)N2C(=O)Cc2ccc(Oc3ccc(F)cc3)cc2)S1.NC=O.[Hf]. The molecule has 0 saturated carbocycles. The normalized spacial score (nSPS) is 18.4. The van der Waals surface area contributed by atoms with Gasteiger partial charge < -0.3 is 31.4 Å². The summed E-state index contributed by atoms with van der Waals surface area (Å²) in [6.07, 6.45) is 4.62. The van der Waals surface area contributed by atoms with E-state index in [-0.39, 0.29) is 79.5 Å². The molecule has 45 heavy (non-hydrogen) atoms. The van der Waals surface area contributed by atoms with Crippen molar-refractivity contribution in [2.75, 3.05) is 7.05 Å². The number of hydrogen-bond acceptors (Lipinski definition) is 6. The number of hydrogen-bond donors (Lipinski definition) is 3. The molecule has 9 nitrogen and oxygen atoms in total. The number of carbonyl (C=O) groups is 3. The minimum Gasteiger partial charge on any atom is -0.481 e. The minimum absolute atomic E-state index is 0. The van der Waals surface area contributed by atoms with Crippen LogP contribution in [0.3, 0.4) is 0 Å². The number of nitrogens with one attached hydrogen (secondary N) is 2. The summed E-state index contributed by atoms with van der Waals surface area (Å²) in [5.74, 6) is 0.851. The van der Waals surface area contributed by atoms with E-state index >= 15 is 0 Å². The summed E-state index contributed by atoms with van der Waals surface area (Å²) in [6, 6.07) is 12.4. The zero-order chi connectivity index (χ0) is 33.2. The van der Waals surface area contributed by atoms with Gasteiger partial charge in [0.05, 0.1) is 6.42 Å². The number of likely N-dealkylation sites (tertiary alicyclic amines) is 1. The van der Waals surface area contributed by atoms with Gasteiger partial charge in [0.1, 0.15) is 23.4 Å². The second-order valence-corrected chi connectivity index (χ2v) is 10.9. The van der Waals surface area contributed by atoms with Gasteiger partial charge in [-0.25, -0.2) is 4.39 Å². The van der Waals surface area contributed by atoms with Crippen LogP contribution in [0.4, 0.5) is 4.39 Å². The molecule has 1 saturated heterocycles. The van der Waals surface area contributed by atoms with Crippen LogP contribution < -0.4 is 15.8 Å². The predicted molar refractivity (Wildman–Crippen MR) is 178 cm³/mol. The Morgan fingerprint density at radius 2 is 1.64 bits per heavy atom. The van der Waals surface area contributed by atoms with Crippen molar-refractivity contribution in [3.63, 3.8) is 0 Å². The first-order chi connectivity index (χ1) is 21.2. The number of nitrogens with two attached hydrogens (primary N) is 1. The summed E-state index contributed by atoms with van der Waals surface area (Å²) >= 11 is 1.57. The van der Waals surface area contributed by atoms with E-state index in [0.29, 0.717) is 17.9 Å². The van der Waals surface area contributed by atoms with E-state index in [2.05, 4.69) is 16.4 Å². The van der Waals surface area contributed by atoms with Crippen LogP contribution in [0.25, 0.3) is 5.32 Å². The number of halogens is 1. The molecule has 2 aliphatic rings. The molecule has 2 aliphatic heterocycles. The molecule has 4 atom stereocenters. The number of primary amides is 1. The Kier molecular flexibility index (Phi) is 21.0. The van der Waals surface area contributed by atoms with Crippen LogP contribution in [0.15, 0.2) is 59.5 Å². The van der Waals surface area contributed by atoms with Crippen LogP contribution in [0.2, 0.25) is 0 Å². The smallest absolute Gasteiger partial charge is 0.243 e. The van der Waals surface area contributed by atoms with Crippen molar-refractivity contribution in [1.29, 1.82) is 5.41 Å². The van der Waals surface area contributed by atoms with Gasteiger partial charge >= 0.3 is 0 Å². The summed E-state index contributed by atoms with van der Waals surface area (Å²) in [5.41, 5.74) is 4.99. The minimum atomic E-state index is -0.492. The van der Waals surface area contributed by atoms with E-state index in [1.165, 1.54) is 12.1 Å². The number of amidine groups is 1. The summed E-state index contributed by atoms with van der Waals surface area (Å²) in [5, 5.41) is 15.1. The van der Waals surface area contributed by atoms with E-state index in [9.17, 15) is 14.0 Å². The van der Waals surface area contributed by atoms with E-state index in [0.717, 1.165) is 23.3 Å².